The Morgan fingerprint density at radius 3 is 2.90 bits per heavy atom. The van der Waals surface area contributed by atoms with Gasteiger partial charge in [0.1, 0.15) is 0 Å². The first-order chi connectivity index (χ1) is 4.86. The maximum atomic E-state index is 4.04. The second-order valence-corrected chi connectivity index (χ2v) is 4.86. The molecule has 1 heterocycles. The van der Waals surface area contributed by atoms with Gasteiger partial charge in [0, 0.05) is 5.25 Å². The lowest BCUT2D eigenvalue weighted by atomic mass is 9.87. The summed E-state index contributed by atoms with van der Waals surface area (Å²) in [5.41, 5.74) is 0. The number of allylic oxidation sites excluding steroid dienone is 1. The van der Waals surface area contributed by atoms with Gasteiger partial charge >= 0.3 is 0 Å². The molecule has 56 valence electrons. The predicted octanol–water partition coefficient (Wildman–Crippen LogP) is 3.20. The zero-order valence-electron chi connectivity index (χ0n) is 6.31. The Labute approximate surface area is 67.1 Å². The van der Waals surface area contributed by atoms with Crippen molar-refractivity contribution in [1.29, 1.82) is 0 Å². The molecule has 0 aromatic heterocycles. The summed E-state index contributed by atoms with van der Waals surface area (Å²) in [5, 5.41) is 0.959. The largest absolute Gasteiger partial charge is 0.127 e. The van der Waals surface area contributed by atoms with Crippen molar-refractivity contribution in [3.05, 3.63) is 11.5 Å². The van der Waals surface area contributed by atoms with E-state index in [1.165, 1.54) is 37.0 Å². The van der Waals surface area contributed by atoms with E-state index in [-0.39, 0.29) is 0 Å². The third-order valence-corrected chi connectivity index (χ3v) is 4.07. The van der Waals surface area contributed by atoms with Gasteiger partial charge in [-0.05, 0) is 30.1 Å². The second-order valence-electron chi connectivity index (χ2n) is 3.44. The molecule has 2 atom stereocenters. The Morgan fingerprint density at radius 2 is 2.10 bits per heavy atom. The van der Waals surface area contributed by atoms with Crippen molar-refractivity contribution in [2.45, 2.75) is 37.4 Å². The van der Waals surface area contributed by atoms with Crippen LogP contribution in [0.1, 0.15) is 32.1 Å². The molecule has 0 aromatic carbocycles. The van der Waals surface area contributed by atoms with Crippen LogP contribution in [-0.2, 0) is 0 Å². The highest BCUT2D eigenvalue weighted by atomic mass is 32.2. The summed E-state index contributed by atoms with van der Waals surface area (Å²) in [6.07, 6.45) is 7.16. The van der Waals surface area contributed by atoms with Crippen LogP contribution in [0.3, 0.4) is 0 Å². The van der Waals surface area contributed by atoms with E-state index < -0.39 is 0 Å². The topological polar surface area (TPSA) is 0 Å². The van der Waals surface area contributed by atoms with Gasteiger partial charge in [0.15, 0.2) is 0 Å². The first-order valence-corrected chi connectivity index (χ1v) is 5.08. The highest BCUT2D eigenvalue weighted by Gasteiger charge is 2.31. The van der Waals surface area contributed by atoms with Crippen molar-refractivity contribution < 1.29 is 0 Å². The lowest BCUT2D eigenvalue weighted by Crippen LogP contribution is -2.15. The van der Waals surface area contributed by atoms with Crippen LogP contribution < -0.4 is 0 Å². The van der Waals surface area contributed by atoms with Gasteiger partial charge in [-0.15, -0.1) is 11.8 Å². The standard InChI is InChI=1S/C9H14S/c1-7-6-8-4-2-3-5-9(8)10-7/h8-9H,1-6H2. The maximum absolute atomic E-state index is 4.04. The number of thioether (sulfide) groups is 1. The molecule has 1 heteroatoms. The first-order valence-electron chi connectivity index (χ1n) is 4.21. The molecule has 0 nitrogen and oxygen atoms in total. The van der Waals surface area contributed by atoms with E-state index >= 15 is 0 Å². The monoisotopic (exact) mass is 154 g/mol. The summed E-state index contributed by atoms with van der Waals surface area (Å²) in [5.74, 6) is 1.01. The average Bonchev–Trinajstić information content (AvgIpc) is 2.27. The fraction of sp³-hybridized carbons (Fsp3) is 0.778. The second kappa shape index (κ2) is 2.61. The normalized spacial score (nSPS) is 39.8. The van der Waals surface area contributed by atoms with E-state index in [0.29, 0.717) is 0 Å². The van der Waals surface area contributed by atoms with Crippen LogP contribution in [0.4, 0.5) is 0 Å². The van der Waals surface area contributed by atoms with Gasteiger partial charge < -0.3 is 0 Å². The molecule has 0 N–H and O–H groups in total. The highest BCUT2D eigenvalue weighted by molar-refractivity contribution is 8.03. The van der Waals surface area contributed by atoms with Gasteiger partial charge in [-0.1, -0.05) is 19.4 Å². The number of rotatable bonds is 0. The smallest absolute Gasteiger partial charge is 0.0123 e. The molecule has 2 fully saturated rings. The zero-order chi connectivity index (χ0) is 6.97. The van der Waals surface area contributed by atoms with Gasteiger partial charge in [-0.25, -0.2) is 0 Å². The summed E-state index contributed by atoms with van der Waals surface area (Å²) in [7, 11) is 0. The van der Waals surface area contributed by atoms with Gasteiger partial charge in [0.25, 0.3) is 0 Å². The van der Waals surface area contributed by atoms with E-state index in [1.807, 2.05) is 0 Å². The molecule has 2 rings (SSSR count). The van der Waals surface area contributed by atoms with Crippen molar-refractivity contribution in [2.24, 2.45) is 5.92 Å². The van der Waals surface area contributed by atoms with Crippen LogP contribution in [0, 0.1) is 5.92 Å². The SMILES string of the molecule is C=C1CC2CCCCC2S1. The zero-order valence-corrected chi connectivity index (χ0v) is 7.12. The summed E-state index contributed by atoms with van der Waals surface area (Å²) >= 11 is 2.05. The molecule has 1 saturated heterocycles. The van der Waals surface area contributed by atoms with Crippen LogP contribution in [0.15, 0.2) is 11.5 Å². The lowest BCUT2D eigenvalue weighted by Gasteiger charge is -2.22. The van der Waals surface area contributed by atoms with Crippen LogP contribution in [0.2, 0.25) is 0 Å². The molecular weight excluding hydrogens is 140 g/mol. The Hall–Kier alpha value is 0.0900. The van der Waals surface area contributed by atoms with Crippen LogP contribution in [0.5, 0.6) is 0 Å². The lowest BCUT2D eigenvalue weighted by molar-refractivity contribution is 0.384. The van der Waals surface area contributed by atoms with Crippen molar-refractivity contribution in [2.75, 3.05) is 0 Å². The first kappa shape index (κ1) is 6.78. The van der Waals surface area contributed by atoms with Crippen molar-refractivity contribution in [3.63, 3.8) is 0 Å². The molecule has 2 aliphatic rings. The molecule has 0 amide bonds. The third-order valence-electron chi connectivity index (χ3n) is 2.65. The molecule has 10 heavy (non-hydrogen) atoms. The molecule has 2 unspecified atom stereocenters. The summed E-state index contributed by atoms with van der Waals surface area (Å²) in [4.78, 5) is 1.44. The predicted molar refractivity (Wildman–Crippen MR) is 47.1 cm³/mol. The molecule has 1 aliphatic heterocycles. The molecule has 1 saturated carbocycles. The summed E-state index contributed by atoms with van der Waals surface area (Å²) in [6.45, 7) is 4.04. The van der Waals surface area contributed by atoms with Gasteiger partial charge in [-0.2, -0.15) is 0 Å². The molecule has 0 radical (unpaired) electrons. The van der Waals surface area contributed by atoms with Crippen LogP contribution in [-0.4, -0.2) is 5.25 Å². The van der Waals surface area contributed by atoms with E-state index in [2.05, 4.69) is 18.3 Å². The molecule has 1 aliphatic carbocycles. The quantitative estimate of drug-likeness (QED) is 0.516. The minimum absolute atomic E-state index is 0.959. The number of fused-ring (bicyclic) bond motifs is 1. The van der Waals surface area contributed by atoms with Crippen molar-refractivity contribution >= 4 is 11.8 Å². The summed E-state index contributed by atoms with van der Waals surface area (Å²) in [6, 6.07) is 0. The van der Waals surface area contributed by atoms with Crippen LogP contribution >= 0.6 is 11.8 Å². The number of hydrogen-bond donors (Lipinski definition) is 0. The third kappa shape index (κ3) is 1.12. The molecule has 0 aromatic rings. The number of hydrogen-bond acceptors (Lipinski definition) is 1. The molecule has 0 bridgehead atoms. The van der Waals surface area contributed by atoms with Gasteiger partial charge in [0.05, 0.1) is 0 Å². The Morgan fingerprint density at radius 1 is 1.30 bits per heavy atom. The average molecular weight is 154 g/mol. The molecular formula is C9H14S. The van der Waals surface area contributed by atoms with E-state index in [0.717, 1.165) is 11.2 Å². The minimum Gasteiger partial charge on any atom is -0.127 e. The highest BCUT2D eigenvalue weighted by Crippen LogP contribution is 2.47. The fourth-order valence-electron chi connectivity index (χ4n) is 2.12. The maximum Gasteiger partial charge on any atom is 0.0123 e. The van der Waals surface area contributed by atoms with E-state index in [9.17, 15) is 0 Å². The van der Waals surface area contributed by atoms with E-state index in [1.54, 1.807) is 0 Å². The van der Waals surface area contributed by atoms with Crippen molar-refractivity contribution in [1.82, 2.24) is 0 Å². The fourth-order valence-corrected chi connectivity index (χ4v) is 3.56. The van der Waals surface area contributed by atoms with Gasteiger partial charge in [-0.3, -0.25) is 0 Å². The minimum atomic E-state index is 0.959. The van der Waals surface area contributed by atoms with Crippen LogP contribution in [0.25, 0.3) is 0 Å². The Bertz CT molecular complexity index is 135. The van der Waals surface area contributed by atoms with Gasteiger partial charge in [0.2, 0.25) is 0 Å². The Balaban J connectivity index is 2.04. The molecule has 0 spiro atoms. The van der Waals surface area contributed by atoms with Crippen molar-refractivity contribution in [3.8, 4) is 0 Å². The Kier molecular flexibility index (Phi) is 1.77. The van der Waals surface area contributed by atoms with E-state index in [4.69, 9.17) is 0 Å². The summed E-state index contributed by atoms with van der Waals surface area (Å²) < 4.78 is 0.